The lowest BCUT2D eigenvalue weighted by Gasteiger charge is -2.09. The number of ketones is 1. The predicted octanol–water partition coefficient (Wildman–Crippen LogP) is 3.59. The quantitative estimate of drug-likeness (QED) is 0.345. The summed E-state index contributed by atoms with van der Waals surface area (Å²) in [6.07, 6.45) is 1.42. The average Bonchev–Trinajstić information content (AvgIpc) is 2.65. The third-order valence-corrected chi connectivity index (χ3v) is 3.75. The van der Waals surface area contributed by atoms with E-state index in [0.717, 1.165) is 11.1 Å². The van der Waals surface area contributed by atoms with E-state index >= 15 is 0 Å². The van der Waals surface area contributed by atoms with Gasteiger partial charge in [-0.15, -0.1) is 0 Å². The Kier molecular flexibility index (Phi) is 6.29. The van der Waals surface area contributed by atoms with Crippen molar-refractivity contribution < 1.29 is 19.1 Å². The number of hydrogen-bond acceptors (Lipinski definition) is 5. The van der Waals surface area contributed by atoms with Gasteiger partial charge in [0.2, 0.25) is 0 Å². The molecule has 0 aliphatic heterocycles. The van der Waals surface area contributed by atoms with Crippen LogP contribution in [0.1, 0.15) is 29.2 Å². The van der Waals surface area contributed by atoms with E-state index in [0.29, 0.717) is 16.9 Å². The number of rotatable bonds is 6. The summed E-state index contributed by atoms with van der Waals surface area (Å²) in [6, 6.07) is 14.3. The molecule has 26 heavy (non-hydrogen) atoms. The summed E-state index contributed by atoms with van der Waals surface area (Å²) in [7, 11) is 1.46. The minimum Gasteiger partial charge on any atom is -0.496 e. The van der Waals surface area contributed by atoms with E-state index in [1.54, 1.807) is 18.2 Å². The number of hydrogen-bond donors (Lipinski definition) is 0. The highest BCUT2D eigenvalue weighted by Crippen LogP contribution is 2.23. The Balaban J connectivity index is 2.23. The number of carbonyl (C=O) groups is 2. The summed E-state index contributed by atoms with van der Waals surface area (Å²) in [6.45, 7) is 3.35. The van der Waals surface area contributed by atoms with E-state index in [9.17, 15) is 9.59 Å². The summed E-state index contributed by atoms with van der Waals surface area (Å²) >= 11 is 0. The Morgan fingerprint density at radius 3 is 2.42 bits per heavy atom. The molecule has 0 atom stereocenters. The number of methoxy groups -OCH3 is 1. The maximum Gasteiger partial charge on any atom is 0.342 e. The third kappa shape index (κ3) is 4.81. The Morgan fingerprint density at radius 1 is 1.15 bits per heavy atom. The molecule has 0 fully saturated rings. The molecular formula is C21H19NO4. The highest BCUT2D eigenvalue weighted by Gasteiger charge is 2.17. The lowest BCUT2D eigenvalue weighted by molar-refractivity contribution is -0.141. The second-order valence-electron chi connectivity index (χ2n) is 5.74. The molecule has 0 radical (unpaired) electrons. The van der Waals surface area contributed by atoms with E-state index in [1.165, 1.54) is 20.1 Å². The molecule has 0 amide bonds. The summed E-state index contributed by atoms with van der Waals surface area (Å²) in [5, 5.41) is 8.95. The van der Waals surface area contributed by atoms with E-state index in [-0.39, 0.29) is 12.2 Å². The van der Waals surface area contributed by atoms with Gasteiger partial charge in [-0.05, 0) is 43.7 Å². The molecule has 5 nitrogen and oxygen atoms in total. The highest BCUT2D eigenvalue weighted by atomic mass is 16.5. The number of Topliss-reactive ketones (excluding diaryl/α,β-unsaturated/α-hetero) is 1. The average molecular weight is 349 g/mol. The number of benzene rings is 2. The second kappa shape index (κ2) is 8.63. The van der Waals surface area contributed by atoms with Crippen LogP contribution in [0.25, 0.3) is 6.08 Å². The number of nitriles is 1. The van der Waals surface area contributed by atoms with Crippen LogP contribution in [0.3, 0.4) is 0 Å². The van der Waals surface area contributed by atoms with Crippen LogP contribution in [-0.4, -0.2) is 18.9 Å². The van der Waals surface area contributed by atoms with Crippen molar-refractivity contribution in [1.82, 2.24) is 0 Å². The standard InChI is InChI=1S/C21H19NO4/c1-14-4-6-16(7-5-14)13-26-21(24)19(15(2)23)11-18-9-8-17(12-22)10-20(18)25-3/h4-11H,13H2,1-3H3/b19-11+. The fraction of sp³-hybridized carbons (Fsp3) is 0.190. The topological polar surface area (TPSA) is 76.4 Å². The van der Waals surface area contributed by atoms with Crippen molar-refractivity contribution in [2.24, 2.45) is 0 Å². The number of carbonyl (C=O) groups excluding carboxylic acids is 2. The minimum atomic E-state index is -0.704. The molecule has 0 unspecified atom stereocenters. The molecule has 0 spiro atoms. The number of nitrogens with zero attached hydrogens (tertiary/aromatic N) is 1. The fourth-order valence-corrected chi connectivity index (χ4v) is 2.27. The first-order valence-electron chi connectivity index (χ1n) is 7.98. The molecule has 0 aliphatic carbocycles. The first-order valence-corrected chi connectivity index (χ1v) is 7.98. The molecule has 0 N–H and O–H groups in total. The molecule has 0 aromatic heterocycles. The van der Waals surface area contributed by atoms with E-state index in [4.69, 9.17) is 14.7 Å². The Bertz CT molecular complexity index is 889. The summed E-state index contributed by atoms with van der Waals surface area (Å²) < 4.78 is 10.5. The van der Waals surface area contributed by atoms with Gasteiger partial charge in [0.15, 0.2) is 5.78 Å². The van der Waals surface area contributed by atoms with Crippen LogP contribution in [0.15, 0.2) is 48.0 Å². The van der Waals surface area contributed by atoms with Crippen molar-refractivity contribution >= 4 is 17.8 Å². The molecule has 0 saturated carbocycles. The number of esters is 1. The molecule has 2 rings (SSSR count). The summed E-state index contributed by atoms with van der Waals surface area (Å²) in [4.78, 5) is 24.3. The molecular weight excluding hydrogens is 330 g/mol. The van der Waals surface area contributed by atoms with Gasteiger partial charge >= 0.3 is 5.97 Å². The van der Waals surface area contributed by atoms with Gasteiger partial charge in [-0.1, -0.05) is 29.8 Å². The van der Waals surface area contributed by atoms with Crippen molar-refractivity contribution in [2.45, 2.75) is 20.5 Å². The minimum absolute atomic E-state index is 0.0776. The SMILES string of the molecule is COc1cc(C#N)ccc1/C=C(\C(C)=O)C(=O)OCc1ccc(C)cc1. The number of aryl methyl sites for hydroxylation is 1. The maximum absolute atomic E-state index is 12.3. The Morgan fingerprint density at radius 2 is 1.85 bits per heavy atom. The normalized spacial score (nSPS) is 10.8. The van der Waals surface area contributed by atoms with Gasteiger partial charge < -0.3 is 9.47 Å². The van der Waals surface area contributed by atoms with Gasteiger partial charge in [0.25, 0.3) is 0 Å². The zero-order valence-electron chi connectivity index (χ0n) is 14.9. The Hall–Kier alpha value is -3.39. The van der Waals surface area contributed by atoms with Crippen molar-refractivity contribution in [1.29, 1.82) is 5.26 Å². The predicted molar refractivity (Wildman–Crippen MR) is 97.3 cm³/mol. The van der Waals surface area contributed by atoms with Gasteiger partial charge in [0.05, 0.1) is 18.7 Å². The van der Waals surface area contributed by atoms with E-state index in [2.05, 4.69) is 0 Å². The maximum atomic E-state index is 12.3. The summed E-state index contributed by atoms with van der Waals surface area (Å²) in [5.41, 5.74) is 2.80. The monoisotopic (exact) mass is 349 g/mol. The van der Waals surface area contributed by atoms with Gasteiger partial charge in [0, 0.05) is 5.56 Å². The van der Waals surface area contributed by atoms with Gasteiger partial charge in [-0.2, -0.15) is 5.26 Å². The third-order valence-electron chi connectivity index (χ3n) is 3.75. The van der Waals surface area contributed by atoms with Crippen LogP contribution in [0, 0.1) is 18.3 Å². The smallest absolute Gasteiger partial charge is 0.342 e. The highest BCUT2D eigenvalue weighted by molar-refractivity contribution is 6.19. The molecule has 0 aliphatic rings. The molecule has 2 aromatic rings. The van der Waals surface area contributed by atoms with E-state index < -0.39 is 11.8 Å². The molecule has 2 aromatic carbocycles. The van der Waals surface area contributed by atoms with Gasteiger partial charge in [-0.25, -0.2) is 4.79 Å². The van der Waals surface area contributed by atoms with Crippen molar-refractivity contribution in [2.75, 3.05) is 7.11 Å². The first-order chi connectivity index (χ1) is 12.4. The van der Waals surface area contributed by atoms with Crippen LogP contribution in [-0.2, 0) is 20.9 Å². The van der Waals surface area contributed by atoms with Crippen molar-refractivity contribution in [3.05, 3.63) is 70.3 Å². The molecule has 132 valence electrons. The lowest BCUT2D eigenvalue weighted by atomic mass is 10.1. The van der Waals surface area contributed by atoms with Gasteiger partial charge in [0.1, 0.15) is 17.9 Å². The molecule has 0 bridgehead atoms. The summed E-state index contributed by atoms with van der Waals surface area (Å²) in [5.74, 6) is -0.719. The molecule has 0 saturated heterocycles. The lowest BCUT2D eigenvalue weighted by Crippen LogP contribution is -2.13. The van der Waals surface area contributed by atoms with Crippen molar-refractivity contribution in [3.8, 4) is 11.8 Å². The van der Waals surface area contributed by atoms with Crippen LogP contribution < -0.4 is 4.74 Å². The first kappa shape index (κ1) is 18.9. The number of ether oxygens (including phenoxy) is 2. The van der Waals surface area contributed by atoms with Crippen LogP contribution in [0.5, 0.6) is 5.75 Å². The zero-order chi connectivity index (χ0) is 19.1. The zero-order valence-corrected chi connectivity index (χ0v) is 14.9. The Labute approximate surface area is 152 Å². The molecule has 5 heteroatoms. The van der Waals surface area contributed by atoms with Crippen molar-refractivity contribution in [3.63, 3.8) is 0 Å². The van der Waals surface area contributed by atoms with Crippen LogP contribution in [0.2, 0.25) is 0 Å². The molecule has 0 heterocycles. The largest absolute Gasteiger partial charge is 0.496 e. The second-order valence-corrected chi connectivity index (χ2v) is 5.74. The van der Waals surface area contributed by atoms with E-state index in [1.807, 2.05) is 37.3 Å². The fourth-order valence-electron chi connectivity index (χ4n) is 2.27. The van der Waals surface area contributed by atoms with Crippen LogP contribution >= 0.6 is 0 Å². The van der Waals surface area contributed by atoms with Gasteiger partial charge in [-0.3, -0.25) is 4.79 Å². The van der Waals surface area contributed by atoms with Crippen LogP contribution in [0.4, 0.5) is 0 Å².